The molecule has 1 heterocycles. The Morgan fingerprint density at radius 2 is 2.33 bits per heavy atom. The van der Waals surface area contributed by atoms with E-state index in [9.17, 15) is 0 Å². The van der Waals surface area contributed by atoms with Crippen LogP contribution >= 0.6 is 0 Å². The van der Waals surface area contributed by atoms with Gasteiger partial charge in [0.25, 0.3) is 6.71 Å². The molecule has 0 aromatic rings. The summed E-state index contributed by atoms with van der Waals surface area (Å²) in [7, 11) is 0. The summed E-state index contributed by atoms with van der Waals surface area (Å²) in [5.74, 6) is 2.93. The van der Waals surface area contributed by atoms with Crippen LogP contribution in [0, 0.1) is 17.1 Å². The third-order valence-electron chi connectivity index (χ3n) is 3.02. The highest BCUT2D eigenvalue weighted by molar-refractivity contribution is 6.70. The molecule has 0 aromatic carbocycles. The van der Waals surface area contributed by atoms with E-state index >= 15 is 0 Å². The van der Waals surface area contributed by atoms with Crippen molar-refractivity contribution in [1.82, 2.24) is 0 Å². The molecule has 1 saturated heterocycles. The van der Waals surface area contributed by atoms with Crippen molar-refractivity contribution in [2.45, 2.75) is 38.3 Å². The minimum absolute atomic E-state index is 0.161. The van der Waals surface area contributed by atoms with Gasteiger partial charge in [0.2, 0.25) is 0 Å². The van der Waals surface area contributed by atoms with E-state index in [1.807, 2.05) is 0 Å². The summed E-state index contributed by atoms with van der Waals surface area (Å²) < 4.78 is 0. The van der Waals surface area contributed by atoms with Crippen LogP contribution in [0.3, 0.4) is 0 Å². The minimum atomic E-state index is 0.161. The zero-order valence-corrected chi connectivity index (χ0v) is 7.88. The van der Waals surface area contributed by atoms with Crippen LogP contribution in [0.15, 0.2) is 0 Å². The number of aliphatic hydroxyl groups excluding tert-OH is 1. The molecule has 0 radical (unpaired) electrons. The SMILES string of the molecule is CC1(C)CC(CCO)CB1C#N. The summed E-state index contributed by atoms with van der Waals surface area (Å²) in [6.07, 6.45) is 2.93. The standard InChI is InChI=1S/C9H16BNO/c1-9(2)5-8(3-4-12)6-10(9)7-11/h8,12H,3-6H2,1-2H3. The molecule has 1 fully saturated rings. The smallest absolute Gasteiger partial charge is 0.273 e. The molecular weight excluding hydrogens is 149 g/mol. The van der Waals surface area contributed by atoms with Crippen LogP contribution in [0.4, 0.5) is 0 Å². The van der Waals surface area contributed by atoms with Gasteiger partial charge in [0.1, 0.15) is 0 Å². The molecule has 0 aliphatic carbocycles. The van der Waals surface area contributed by atoms with Crippen molar-refractivity contribution in [1.29, 1.82) is 5.26 Å². The molecule has 1 atom stereocenters. The Hall–Kier alpha value is -0.485. The summed E-state index contributed by atoms with van der Waals surface area (Å²) in [4.78, 5) is 0. The monoisotopic (exact) mass is 165 g/mol. The molecule has 0 spiro atoms. The van der Waals surface area contributed by atoms with Gasteiger partial charge in [0, 0.05) is 12.6 Å². The van der Waals surface area contributed by atoms with Crippen LogP contribution in [-0.2, 0) is 0 Å². The van der Waals surface area contributed by atoms with E-state index in [-0.39, 0.29) is 18.6 Å². The molecule has 1 unspecified atom stereocenters. The maximum absolute atomic E-state index is 8.88. The highest BCUT2D eigenvalue weighted by atomic mass is 16.3. The maximum atomic E-state index is 8.88. The van der Waals surface area contributed by atoms with Crippen LogP contribution in [-0.4, -0.2) is 18.4 Å². The van der Waals surface area contributed by atoms with Gasteiger partial charge in [-0.05, 0) is 17.7 Å². The molecule has 0 bridgehead atoms. The first-order valence-electron chi connectivity index (χ1n) is 4.60. The lowest BCUT2D eigenvalue weighted by atomic mass is 9.37. The van der Waals surface area contributed by atoms with Crippen molar-refractivity contribution < 1.29 is 5.11 Å². The first kappa shape index (κ1) is 9.60. The van der Waals surface area contributed by atoms with Crippen LogP contribution in [0.25, 0.3) is 0 Å². The highest BCUT2D eigenvalue weighted by Gasteiger charge is 2.43. The fourth-order valence-electron chi connectivity index (χ4n) is 2.25. The van der Waals surface area contributed by atoms with Gasteiger partial charge in [0.05, 0.1) is 0 Å². The second-order valence-electron chi connectivity index (χ2n) is 4.49. The first-order valence-corrected chi connectivity index (χ1v) is 4.60. The highest BCUT2D eigenvalue weighted by Crippen LogP contribution is 2.47. The Morgan fingerprint density at radius 1 is 1.67 bits per heavy atom. The van der Waals surface area contributed by atoms with E-state index in [1.54, 1.807) is 0 Å². The number of nitriles is 1. The van der Waals surface area contributed by atoms with Gasteiger partial charge < -0.3 is 5.11 Å². The topological polar surface area (TPSA) is 44.0 Å². The second-order valence-corrected chi connectivity index (χ2v) is 4.49. The minimum Gasteiger partial charge on any atom is -0.396 e. The van der Waals surface area contributed by atoms with Crippen LogP contribution < -0.4 is 0 Å². The number of aliphatic hydroxyl groups is 1. The normalized spacial score (nSPS) is 27.2. The van der Waals surface area contributed by atoms with Crippen molar-refractivity contribution in [3.63, 3.8) is 0 Å². The zero-order valence-electron chi connectivity index (χ0n) is 7.88. The molecule has 0 aromatic heterocycles. The molecular formula is C9H16BNO. The van der Waals surface area contributed by atoms with E-state index in [1.165, 1.54) is 0 Å². The van der Waals surface area contributed by atoms with Crippen molar-refractivity contribution >= 4 is 6.71 Å². The van der Waals surface area contributed by atoms with Gasteiger partial charge in [-0.3, -0.25) is 0 Å². The Labute approximate surface area is 74.7 Å². The Bertz CT molecular complexity index is 197. The predicted octanol–water partition coefficient (Wildman–Crippen LogP) is 1.73. The van der Waals surface area contributed by atoms with E-state index < -0.39 is 0 Å². The van der Waals surface area contributed by atoms with Gasteiger partial charge in [0.15, 0.2) is 0 Å². The van der Waals surface area contributed by atoms with Crippen molar-refractivity contribution in [2.75, 3.05) is 6.61 Å². The summed E-state index contributed by atoms with van der Waals surface area (Å²) >= 11 is 0. The number of hydrogen-bond donors (Lipinski definition) is 1. The Morgan fingerprint density at radius 3 is 2.75 bits per heavy atom. The average Bonchev–Trinajstić information content (AvgIpc) is 2.25. The zero-order chi connectivity index (χ0) is 9.19. The average molecular weight is 165 g/mol. The molecule has 3 heteroatoms. The van der Waals surface area contributed by atoms with Crippen LogP contribution in [0.2, 0.25) is 11.6 Å². The predicted molar refractivity (Wildman–Crippen MR) is 50.0 cm³/mol. The molecule has 0 saturated carbocycles. The quantitative estimate of drug-likeness (QED) is 0.633. The molecule has 12 heavy (non-hydrogen) atoms. The summed E-state index contributed by atoms with van der Waals surface area (Å²) in [5, 5.41) is 17.8. The van der Waals surface area contributed by atoms with E-state index in [4.69, 9.17) is 10.4 Å². The molecule has 0 amide bonds. The summed E-state index contributed by atoms with van der Waals surface area (Å²) in [6, 6.07) is 0. The van der Waals surface area contributed by atoms with Gasteiger partial charge in [-0.2, -0.15) is 0 Å². The van der Waals surface area contributed by atoms with Crippen molar-refractivity contribution in [3.05, 3.63) is 0 Å². The van der Waals surface area contributed by atoms with Gasteiger partial charge in [-0.15, -0.1) is 0 Å². The van der Waals surface area contributed by atoms with E-state index in [0.717, 1.165) is 19.2 Å². The molecule has 1 rings (SSSR count). The lowest BCUT2D eigenvalue weighted by molar-refractivity contribution is 0.258. The molecule has 2 nitrogen and oxygen atoms in total. The summed E-state index contributed by atoms with van der Waals surface area (Å²) in [5.41, 5.74) is 0. The first-order chi connectivity index (χ1) is 5.60. The van der Waals surface area contributed by atoms with E-state index in [2.05, 4.69) is 19.8 Å². The van der Waals surface area contributed by atoms with Gasteiger partial charge in [-0.25, -0.2) is 5.26 Å². The fraction of sp³-hybridized carbons (Fsp3) is 0.889. The van der Waals surface area contributed by atoms with E-state index in [0.29, 0.717) is 5.92 Å². The van der Waals surface area contributed by atoms with Gasteiger partial charge >= 0.3 is 0 Å². The lowest BCUT2D eigenvalue weighted by Crippen LogP contribution is -2.19. The lowest BCUT2D eigenvalue weighted by Gasteiger charge is -2.18. The Balaban J connectivity index is 2.56. The largest absolute Gasteiger partial charge is 0.396 e. The maximum Gasteiger partial charge on any atom is 0.273 e. The number of hydrogen-bond acceptors (Lipinski definition) is 2. The Kier molecular flexibility index (Phi) is 2.79. The van der Waals surface area contributed by atoms with Crippen LogP contribution in [0.5, 0.6) is 0 Å². The van der Waals surface area contributed by atoms with Crippen LogP contribution in [0.1, 0.15) is 26.7 Å². The van der Waals surface area contributed by atoms with Crippen molar-refractivity contribution in [2.24, 2.45) is 5.92 Å². The third-order valence-corrected chi connectivity index (χ3v) is 3.02. The molecule has 1 aliphatic rings. The fourth-order valence-corrected chi connectivity index (χ4v) is 2.25. The summed E-state index contributed by atoms with van der Waals surface area (Å²) in [6.45, 7) is 4.75. The molecule has 66 valence electrons. The second kappa shape index (κ2) is 3.49. The molecule has 1 aliphatic heterocycles. The number of nitrogens with zero attached hydrogens (tertiary/aromatic N) is 1. The van der Waals surface area contributed by atoms with Gasteiger partial charge in [-0.1, -0.05) is 26.6 Å². The molecule has 1 N–H and O–H groups in total. The number of rotatable bonds is 2. The third kappa shape index (κ3) is 1.81. The van der Waals surface area contributed by atoms with Crippen molar-refractivity contribution in [3.8, 4) is 5.97 Å².